The van der Waals surface area contributed by atoms with E-state index in [0.717, 1.165) is 20.7 Å². The monoisotopic (exact) mass is 757 g/mol. The average Bonchev–Trinajstić information content (AvgIpc) is 3.94. The molecular formula is C51H35N5Si. The molecule has 0 bridgehead atoms. The maximum Gasteiger partial charge on any atom is 0.240 e. The van der Waals surface area contributed by atoms with Gasteiger partial charge in [0.1, 0.15) is 0 Å². The first-order valence-electron chi connectivity index (χ1n) is 24.3. The van der Waals surface area contributed by atoms with Crippen molar-refractivity contribution < 1.29 is 16.4 Å². The van der Waals surface area contributed by atoms with Crippen LogP contribution in [0.2, 0.25) is 0 Å². The summed E-state index contributed by atoms with van der Waals surface area (Å²) in [6, 6.07) is 39.6. The van der Waals surface area contributed by atoms with Crippen LogP contribution < -0.4 is 20.7 Å². The molecule has 0 atom stereocenters. The third-order valence-electron chi connectivity index (χ3n) is 10.5. The highest BCUT2D eigenvalue weighted by Gasteiger charge is 2.41. The summed E-state index contributed by atoms with van der Waals surface area (Å²) in [5.41, 5.74) is 0.574. The van der Waals surface area contributed by atoms with Gasteiger partial charge in [0.25, 0.3) is 0 Å². The Morgan fingerprint density at radius 2 is 0.789 bits per heavy atom. The maximum atomic E-state index is 9.28. The Labute approximate surface area is 347 Å². The SMILES string of the molecule is [2H]c1c([2H])c([2H])c2c(c1[2H])c1ccccc1n2-c1nc(-c2cccc([Si](c3ccccc3)(c3ccccc3)c3ccccc3)c2)nc(-n2c3c([2H])c([2H])c([2H])c([2H])c3c3c([2H])c([2H])c([2H])c([2H])c32)n1. The Kier molecular flexibility index (Phi) is 5.37. The highest BCUT2D eigenvalue weighted by Crippen LogP contribution is 2.34. The van der Waals surface area contributed by atoms with E-state index in [1.54, 1.807) is 24.3 Å². The summed E-state index contributed by atoms with van der Waals surface area (Å²) >= 11 is 0. The van der Waals surface area contributed by atoms with Crippen LogP contribution in [0, 0.1) is 0 Å². The highest BCUT2D eigenvalue weighted by atomic mass is 28.3. The number of hydrogen-bond acceptors (Lipinski definition) is 3. The van der Waals surface area contributed by atoms with Gasteiger partial charge in [0.2, 0.25) is 11.9 Å². The first-order valence-corrected chi connectivity index (χ1v) is 20.3. The molecule has 0 aliphatic carbocycles. The Bertz CT molecular complexity index is 3770. The van der Waals surface area contributed by atoms with Gasteiger partial charge in [-0.15, -0.1) is 0 Å². The van der Waals surface area contributed by atoms with Crippen LogP contribution in [0.5, 0.6) is 0 Å². The van der Waals surface area contributed by atoms with Crippen molar-refractivity contribution in [3.8, 4) is 23.3 Å². The minimum Gasteiger partial charge on any atom is -0.278 e. The third-order valence-corrected chi connectivity index (χ3v) is 15.3. The van der Waals surface area contributed by atoms with Crippen molar-refractivity contribution in [2.24, 2.45) is 0 Å². The predicted octanol–water partition coefficient (Wildman–Crippen LogP) is 9.11. The van der Waals surface area contributed by atoms with E-state index < -0.39 is 68.5 Å². The number of nitrogens with zero attached hydrogens (tertiary/aromatic N) is 5. The summed E-state index contributed by atoms with van der Waals surface area (Å²) in [7, 11) is -3.15. The number of rotatable bonds is 7. The zero-order valence-corrected chi connectivity index (χ0v) is 31.0. The van der Waals surface area contributed by atoms with Crippen LogP contribution in [0.1, 0.15) is 16.4 Å². The van der Waals surface area contributed by atoms with Gasteiger partial charge in [0.15, 0.2) is 13.9 Å². The smallest absolute Gasteiger partial charge is 0.240 e. The zero-order valence-electron chi connectivity index (χ0n) is 42.0. The van der Waals surface area contributed by atoms with Crippen LogP contribution in [-0.4, -0.2) is 32.2 Å². The van der Waals surface area contributed by atoms with Crippen molar-refractivity contribution in [3.05, 3.63) is 212 Å². The van der Waals surface area contributed by atoms with E-state index in [1.165, 1.54) is 9.13 Å². The topological polar surface area (TPSA) is 48.5 Å². The summed E-state index contributed by atoms with van der Waals surface area (Å²) in [4.78, 5) is 15.2. The van der Waals surface area contributed by atoms with Crippen LogP contribution in [0.15, 0.2) is 212 Å². The van der Waals surface area contributed by atoms with Crippen LogP contribution >= 0.6 is 0 Å². The highest BCUT2D eigenvalue weighted by molar-refractivity contribution is 7.19. The minimum atomic E-state index is -3.15. The van der Waals surface area contributed by atoms with Crippen LogP contribution in [0.4, 0.5) is 0 Å². The second-order valence-electron chi connectivity index (χ2n) is 13.5. The summed E-state index contributed by atoms with van der Waals surface area (Å²) in [6.45, 7) is 0. The fourth-order valence-electron chi connectivity index (χ4n) is 8.14. The van der Waals surface area contributed by atoms with Gasteiger partial charge >= 0.3 is 0 Å². The van der Waals surface area contributed by atoms with E-state index in [4.69, 9.17) is 27.3 Å². The van der Waals surface area contributed by atoms with Crippen molar-refractivity contribution in [1.82, 2.24) is 24.1 Å². The number of aromatic nitrogens is 5. The van der Waals surface area contributed by atoms with Gasteiger partial charge < -0.3 is 0 Å². The van der Waals surface area contributed by atoms with Crippen molar-refractivity contribution in [1.29, 1.82) is 0 Å². The Morgan fingerprint density at radius 3 is 1.32 bits per heavy atom. The Balaban J connectivity index is 1.31. The molecule has 3 aromatic heterocycles. The lowest BCUT2D eigenvalue weighted by molar-refractivity contribution is 0.893. The molecule has 5 nitrogen and oxygen atoms in total. The lowest BCUT2D eigenvalue weighted by Crippen LogP contribution is -2.74. The number of fused-ring (bicyclic) bond motifs is 6. The van der Waals surface area contributed by atoms with Gasteiger partial charge in [0.05, 0.1) is 38.5 Å². The van der Waals surface area contributed by atoms with E-state index in [2.05, 4.69) is 42.5 Å². The van der Waals surface area contributed by atoms with E-state index in [1.807, 2.05) is 72.8 Å². The summed E-state index contributed by atoms with van der Waals surface area (Å²) in [5, 5.41) is 4.63. The number of hydrogen-bond donors (Lipinski definition) is 0. The quantitative estimate of drug-likeness (QED) is 0.120. The van der Waals surface area contributed by atoms with E-state index in [-0.39, 0.29) is 62.5 Å². The lowest BCUT2D eigenvalue weighted by Gasteiger charge is -2.34. The van der Waals surface area contributed by atoms with E-state index in [9.17, 15) is 4.11 Å². The molecule has 0 amide bonds. The Morgan fingerprint density at radius 1 is 0.368 bits per heavy atom. The molecule has 8 aromatic carbocycles. The van der Waals surface area contributed by atoms with Gasteiger partial charge in [-0.1, -0.05) is 188 Å². The second-order valence-corrected chi connectivity index (χ2v) is 17.4. The molecule has 3 heterocycles. The van der Waals surface area contributed by atoms with Crippen molar-refractivity contribution in [2.45, 2.75) is 0 Å². The summed E-state index contributed by atoms with van der Waals surface area (Å²) in [6.07, 6.45) is 0. The first-order chi connectivity index (χ1) is 33.3. The molecule has 0 saturated carbocycles. The molecule has 6 heteroatoms. The van der Waals surface area contributed by atoms with Gasteiger partial charge in [0, 0.05) is 27.1 Å². The largest absolute Gasteiger partial charge is 0.278 e. The summed E-state index contributed by atoms with van der Waals surface area (Å²) < 4.78 is 110. The minimum absolute atomic E-state index is 0.0531. The molecular weight excluding hydrogens is 711 g/mol. The number of para-hydroxylation sites is 4. The molecule has 268 valence electrons. The zero-order chi connectivity index (χ0) is 48.2. The fourth-order valence-corrected chi connectivity index (χ4v) is 12.9. The van der Waals surface area contributed by atoms with Crippen LogP contribution in [0.3, 0.4) is 0 Å². The first kappa shape index (κ1) is 22.8. The van der Waals surface area contributed by atoms with Gasteiger partial charge in [-0.2, -0.15) is 15.0 Å². The maximum absolute atomic E-state index is 9.28. The molecule has 0 aliphatic rings. The second kappa shape index (κ2) is 13.4. The average molecular weight is 758 g/mol. The molecule has 0 fully saturated rings. The lowest BCUT2D eigenvalue weighted by atomic mass is 10.2. The molecule has 0 unspecified atom stereocenters. The molecule has 11 aromatic rings. The van der Waals surface area contributed by atoms with E-state index >= 15 is 0 Å². The van der Waals surface area contributed by atoms with Crippen molar-refractivity contribution in [2.75, 3.05) is 0 Å². The van der Waals surface area contributed by atoms with Crippen molar-refractivity contribution in [3.63, 3.8) is 0 Å². The molecule has 57 heavy (non-hydrogen) atoms. The van der Waals surface area contributed by atoms with Gasteiger partial charge in [-0.25, -0.2) is 0 Å². The predicted molar refractivity (Wildman–Crippen MR) is 238 cm³/mol. The molecule has 0 aliphatic heterocycles. The van der Waals surface area contributed by atoms with Crippen molar-refractivity contribution >= 4 is 72.4 Å². The Hall–Kier alpha value is -7.41. The molecule has 0 spiro atoms. The van der Waals surface area contributed by atoms with Gasteiger partial charge in [-0.05, 0) is 44.9 Å². The summed E-state index contributed by atoms with van der Waals surface area (Å²) in [5.74, 6) is -0.358. The standard InChI is InChI=1S/C51H35N5Si/c1-4-20-37(21-5-1)57(38-22-6-2-7-23-38,39-24-8-3-9-25-39)40-26-18-19-36(35-40)49-52-50(55-45-31-14-10-27-41(45)42-28-11-15-32-46(42)55)54-51(53-49)56-47-33-16-12-29-43(47)44-30-13-17-34-48(44)56/h1-35H/i10D,11D,12D,14D,15D,16D,27D,28D,29D,31D,32D,33D. The molecule has 0 radical (unpaired) electrons. The van der Waals surface area contributed by atoms with Gasteiger partial charge in [-0.3, -0.25) is 9.13 Å². The van der Waals surface area contributed by atoms with Crippen LogP contribution in [0.25, 0.3) is 66.9 Å². The molecule has 0 N–H and O–H groups in total. The third kappa shape index (κ3) is 5.19. The molecule has 0 saturated heterocycles. The fraction of sp³-hybridized carbons (Fsp3) is 0. The van der Waals surface area contributed by atoms with Crippen LogP contribution in [-0.2, 0) is 0 Å². The van der Waals surface area contributed by atoms with E-state index in [0.29, 0.717) is 16.5 Å². The normalized spacial score (nSPS) is 14.8. The molecule has 11 rings (SSSR count). The number of benzene rings is 8.